The van der Waals surface area contributed by atoms with Gasteiger partial charge in [0.15, 0.2) is 0 Å². The van der Waals surface area contributed by atoms with Crippen LogP contribution in [0, 0.1) is 5.92 Å². The molecule has 0 amide bonds. The molecule has 4 rings (SSSR count). The Bertz CT molecular complexity index is 762. The lowest BCUT2D eigenvalue weighted by Crippen LogP contribution is -2.35. The van der Waals surface area contributed by atoms with Gasteiger partial charge in [-0.1, -0.05) is 17.3 Å². The summed E-state index contributed by atoms with van der Waals surface area (Å²) in [5.41, 5.74) is 2.64. The van der Waals surface area contributed by atoms with E-state index in [1.54, 1.807) is 10.9 Å². The highest BCUT2D eigenvalue weighted by Gasteiger charge is 2.39. The molecular weight excluding hydrogens is 332 g/mol. The molecule has 0 saturated heterocycles. The monoisotopic (exact) mass is 356 g/mol. The molecule has 7 nitrogen and oxygen atoms in total. The standard InChI is InChI=1S/C19H24N4O3/c24-19(25)15-11-16(17(12-15)23-8-7-21-22-23)20-6-1-2-13-3-4-18-14(10-13)5-9-26-18/h3-4,7-8,10,15-17,20H,1-2,5-6,9,11-12H2,(H,24,25)/t15?,16-,17+/m1/s1. The van der Waals surface area contributed by atoms with Gasteiger partial charge in [-0.25, -0.2) is 4.68 Å². The van der Waals surface area contributed by atoms with Crippen LogP contribution in [0.25, 0.3) is 0 Å². The number of fused-ring (bicyclic) bond motifs is 1. The lowest BCUT2D eigenvalue weighted by molar-refractivity contribution is -0.141. The predicted molar refractivity (Wildman–Crippen MR) is 95.2 cm³/mol. The molecule has 2 heterocycles. The van der Waals surface area contributed by atoms with Crippen LogP contribution in [0.4, 0.5) is 0 Å². The molecule has 1 aromatic heterocycles. The van der Waals surface area contributed by atoms with E-state index >= 15 is 0 Å². The van der Waals surface area contributed by atoms with Crippen LogP contribution in [0.1, 0.15) is 36.4 Å². The van der Waals surface area contributed by atoms with Gasteiger partial charge in [-0.05, 0) is 49.4 Å². The van der Waals surface area contributed by atoms with Crippen LogP contribution in [0.2, 0.25) is 0 Å². The molecular formula is C19H24N4O3. The summed E-state index contributed by atoms with van der Waals surface area (Å²) in [6.45, 7) is 1.65. The number of carbonyl (C=O) groups is 1. The summed E-state index contributed by atoms with van der Waals surface area (Å²) >= 11 is 0. The summed E-state index contributed by atoms with van der Waals surface area (Å²) < 4.78 is 7.34. The van der Waals surface area contributed by atoms with E-state index in [2.05, 4.69) is 33.8 Å². The fourth-order valence-electron chi connectivity index (χ4n) is 4.10. The van der Waals surface area contributed by atoms with Crippen molar-refractivity contribution >= 4 is 5.97 Å². The molecule has 2 N–H and O–H groups in total. The van der Waals surface area contributed by atoms with Gasteiger partial charge < -0.3 is 15.2 Å². The zero-order valence-corrected chi connectivity index (χ0v) is 14.7. The van der Waals surface area contributed by atoms with Crippen molar-refractivity contribution in [1.29, 1.82) is 0 Å². The first-order chi connectivity index (χ1) is 12.7. The quantitative estimate of drug-likeness (QED) is 0.736. The van der Waals surface area contributed by atoms with Crippen molar-refractivity contribution in [2.45, 2.75) is 44.2 Å². The summed E-state index contributed by atoms with van der Waals surface area (Å²) in [7, 11) is 0. The fourth-order valence-corrected chi connectivity index (χ4v) is 4.10. The van der Waals surface area contributed by atoms with E-state index in [9.17, 15) is 9.90 Å². The van der Waals surface area contributed by atoms with Crippen molar-refractivity contribution in [3.63, 3.8) is 0 Å². The number of carboxylic acids is 1. The van der Waals surface area contributed by atoms with Gasteiger partial charge in [0.2, 0.25) is 0 Å². The molecule has 1 aliphatic carbocycles. The van der Waals surface area contributed by atoms with Gasteiger partial charge in [-0.15, -0.1) is 5.10 Å². The van der Waals surface area contributed by atoms with Crippen molar-refractivity contribution in [3.8, 4) is 5.75 Å². The van der Waals surface area contributed by atoms with Crippen molar-refractivity contribution in [3.05, 3.63) is 41.7 Å². The van der Waals surface area contributed by atoms with E-state index in [0.717, 1.165) is 38.2 Å². The minimum atomic E-state index is -0.722. The molecule has 1 saturated carbocycles. The van der Waals surface area contributed by atoms with E-state index in [4.69, 9.17) is 4.74 Å². The molecule has 7 heteroatoms. The highest BCUT2D eigenvalue weighted by molar-refractivity contribution is 5.70. The maximum atomic E-state index is 11.4. The molecule has 3 atom stereocenters. The Morgan fingerprint density at radius 2 is 2.31 bits per heavy atom. The minimum Gasteiger partial charge on any atom is -0.493 e. The molecule has 1 fully saturated rings. The van der Waals surface area contributed by atoms with E-state index in [0.29, 0.717) is 12.8 Å². The van der Waals surface area contributed by atoms with Crippen LogP contribution < -0.4 is 10.1 Å². The number of aryl methyl sites for hydroxylation is 1. The Morgan fingerprint density at radius 3 is 3.12 bits per heavy atom. The third-order valence-electron chi connectivity index (χ3n) is 5.46. The van der Waals surface area contributed by atoms with Crippen LogP contribution in [0.15, 0.2) is 30.6 Å². The highest BCUT2D eigenvalue weighted by Crippen LogP contribution is 2.34. The van der Waals surface area contributed by atoms with Gasteiger partial charge in [0.1, 0.15) is 5.75 Å². The average molecular weight is 356 g/mol. The third-order valence-corrected chi connectivity index (χ3v) is 5.46. The zero-order valence-electron chi connectivity index (χ0n) is 14.7. The van der Waals surface area contributed by atoms with Gasteiger partial charge in [0.05, 0.1) is 24.8 Å². The summed E-state index contributed by atoms with van der Waals surface area (Å²) in [4.78, 5) is 11.4. The Hall–Kier alpha value is -2.41. The van der Waals surface area contributed by atoms with Gasteiger partial charge in [0, 0.05) is 18.7 Å². The lowest BCUT2D eigenvalue weighted by atomic mass is 10.0. The molecule has 1 unspecified atom stereocenters. The number of hydrogen-bond acceptors (Lipinski definition) is 5. The molecule has 1 aromatic carbocycles. The smallest absolute Gasteiger partial charge is 0.306 e. The van der Waals surface area contributed by atoms with E-state index in [1.807, 2.05) is 6.20 Å². The fraction of sp³-hybridized carbons (Fsp3) is 0.526. The van der Waals surface area contributed by atoms with Gasteiger partial charge in [0.25, 0.3) is 0 Å². The van der Waals surface area contributed by atoms with E-state index in [-0.39, 0.29) is 18.0 Å². The Labute approximate surface area is 152 Å². The maximum Gasteiger partial charge on any atom is 0.306 e. The molecule has 0 spiro atoms. The number of rotatable bonds is 7. The second kappa shape index (κ2) is 7.45. The van der Waals surface area contributed by atoms with Crippen molar-refractivity contribution < 1.29 is 14.6 Å². The zero-order chi connectivity index (χ0) is 17.9. The number of aromatic nitrogens is 3. The van der Waals surface area contributed by atoms with Crippen molar-refractivity contribution in [2.24, 2.45) is 5.92 Å². The number of carboxylic acid groups (broad SMARTS) is 1. The van der Waals surface area contributed by atoms with Crippen LogP contribution in [0.5, 0.6) is 5.75 Å². The first kappa shape index (κ1) is 17.0. The Morgan fingerprint density at radius 1 is 1.38 bits per heavy atom. The maximum absolute atomic E-state index is 11.4. The van der Waals surface area contributed by atoms with Crippen molar-refractivity contribution in [1.82, 2.24) is 20.3 Å². The predicted octanol–water partition coefficient (Wildman–Crippen LogP) is 1.84. The molecule has 0 bridgehead atoms. The highest BCUT2D eigenvalue weighted by atomic mass is 16.5. The molecule has 2 aromatic rings. The molecule has 2 aliphatic rings. The number of nitrogens with zero attached hydrogens (tertiary/aromatic N) is 3. The van der Waals surface area contributed by atoms with Crippen LogP contribution in [0.3, 0.4) is 0 Å². The summed E-state index contributed by atoms with van der Waals surface area (Å²) in [6.07, 6.45) is 7.71. The third kappa shape index (κ3) is 3.58. The second-order valence-electron chi connectivity index (χ2n) is 7.16. The molecule has 26 heavy (non-hydrogen) atoms. The topological polar surface area (TPSA) is 89.3 Å². The number of ether oxygens (including phenoxy) is 1. The number of hydrogen-bond donors (Lipinski definition) is 2. The van der Waals surface area contributed by atoms with E-state index < -0.39 is 5.97 Å². The normalized spacial score (nSPS) is 24.4. The number of benzene rings is 1. The lowest BCUT2D eigenvalue weighted by Gasteiger charge is -2.20. The first-order valence-corrected chi connectivity index (χ1v) is 9.27. The number of nitrogens with one attached hydrogen (secondary N) is 1. The summed E-state index contributed by atoms with van der Waals surface area (Å²) in [6, 6.07) is 6.62. The van der Waals surface area contributed by atoms with Crippen LogP contribution in [-0.2, 0) is 17.6 Å². The average Bonchev–Trinajstić information content (AvgIpc) is 3.37. The van der Waals surface area contributed by atoms with Gasteiger partial charge in [-0.3, -0.25) is 4.79 Å². The Kier molecular flexibility index (Phi) is 4.88. The van der Waals surface area contributed by atoms with Crippen LogP contribution >= 0.6 is 0 Å². The second-order valence-corrected chi connectivity index (χ2v) is 7.16. The molecule has 1 aliphatic heterocycles. The SMILES string of the molecule is O=C(O)C1C[C@@H](NCCCc2ccc3c(c2)CCO3)[C@@H](n2ccnn2)C1. The van der Waals surface area contributed by atoms with E-state index in [1.165, 1.54) is 11.1 Å². The minimum absolute atomic E-state index is 0.0516. The number of aliphatic carboxylic acids is 1. The summed E-state index contributed by atoms with van der Waals surface area (Å²) in [5, 5.41) is 20.8. The first-order valence-electron chi connectivity index (χ1n) is 9.27. The van der Waals surface area contributed by atoms with Crippen LogP contribution in [-0.4, -0.2) is 45.3 Å². The molecule has 138 valence electrons. The summed E-state index contributed by atoms with van der Waals surface area (Å²) in [5.74, 6) is -0.0218. The van der Waals surface area contributed by atoms with Gasteiger partial charge in [-0.2, -0.15) is 0 Å². The largest absolute Gasteiger partial charge is 0.493 e. The van der Waals surface area contributed by atoms with Crippen molar-refractivity contribution in [2.75, 3.05) is 13.2 Å². The van der Waals surface area contributed by atoms with Gasteiger partial charge >= 0.3 is 5.97 Å². The molecule has 0 radical (unpaired) electrons. The Balaban J connectivity index is 1.30.